The minimum Gasteiger partial charge on any atom is -0.497 e. The van der Waals surface area contributed by atoms with Gasteiger partial charge in [-0.2, -0.15) is 0 Å². The van der Waals surface area contributed by atoms with Gasteiger partial charge in [-0.15, -0.1) is 0 Å². The van der Waals surface area contributed by atoms with Crippen molar-refractivity contribution in [2.75, 3.05) is 40.5 Å². The Morgan fingerprint density at radius 3 is 2.81 bits per heavy atom. The van der Waals surface area contributed by atoms with Crippen LogP contribution in [0.3, 0.4) is 0 Å². The molecule has 1 N–H and O–H groups in total. The molecule has 0 spiro atoms. The molecule has 0 aromatic heterocycles. The van der Waals surface area contributed by atoms with Crippen molar-refractivity contribution >= 4 is 17.5 Å². The zero-order valence-electron chi connectivity index (χ0n) is 18.0. The first-order valence-corrected chi connectivity index (χ1v) is 10.6. The lowest BCUT2D eigenvalue weighted by Gasteiger charge is -2.38. The Bertz CT molecular complexity index is 891. The maximum Gasteiger partial charge on any atom is 0.224 e. The smallest absolute Gasteiger partial charge is 0.224 e. The maximum absolute atomic E-state index is 14.7. The monoisotopic (exact) mass is 450 g/mol. The number of methoxy groups -OCH3 is 2. The summed E-state index contributed by atoms with van der Waals surface area (Å²) in [5.74, 6) is 0.645. The minimum absolute atomic E-state index is 0.0149. The van der Waals surface area contributed by atoms with Crippen molar-refractivity contribution in [1.29, 1.82) is 0 Å². The molecule has 1 fully saturated rings. The number of nitrogens with one attached hydrogen (secondary N) is 1. The van der Waals surface area contributed by atoms with Gasteiger partial charge in [0.05, 0.1) is 39.4 Å². The molecular weight excluding hydrogens is 423 g/mol. The third kappa shape index (κ3) is 5.87. The quantitative estimate of drug-likeness (QED) is 0.665. The molecule has 1 heterocycles. The van der Waals surface area contributed by atoms with E-state index < -0.39 is 6.04 Å². The number of hydrogen-bond donors (Lipinski definition) is 1. The summed E-state index contributed by atoms with van der Waals surface area (Å²) in [6.45, 7) is 3.99. The second kappa shape index (κ2) is 10.8. The highest BCUT2D eigenvalue weighted by Crippen LogP contribution is 2.31. The molecule has 168 valence electrons. The van der Waals surface area contributed by atoms with Crippen molar-refractivity contribution in [1.82, 2.24) is 10.2 Å². The highest BCUT2D eigenvalue weighted by molar-refractivity contribution is 6.31. The first kappa shape index (κ1) is 23.3. The van der Waals surface area contributed by atoms with Gasteiger partial charge in [0, 0.05) is 41.9 Å². The molecule has 0 bridgehead atoms. The summed E-state index contributed by atoms with van der Waals surface area (Å²) >= 11 is 6.35. The van der Waals surface area contributed by atoms with Gasteiger partial charge < -0.3 is 19.5 Å². The number of carbonyl (C=O) groups excluding carboxylic acids is 1. The summed E-state index contributed by atoms with van der Waals surface area (Å²) in [6.07, 6.45) is 0.144. The number of ether oxygens (including phenoxy) is 3. The number of benzene rings is 2. The second-order valence-corrected chi connectivity index (χ2v) is 7.89. The van der Waals surface area contributed by atoms with Crippen LogP contribution in [-0.2, 0) is 16.0 Å². The summed E-state index contributed by atoms with van der Waals surface area (Å²) in [4.78, 5) is 14.8. The van der Waals surface area contributed by atoms with Gasteiger partial charge in [0.25, 0.3) is 0 Å². The van der Waals surface area contributed by atoms with E-state index in [-0.39, 0.29) is 30.8 Å². The number of morpholine rings is 1. The molecule has 2 atom stereocenters. The van der Waals surface area contributed by atoms with Gasteiger partial charge in [-0.3, -0.25) is 9.69 Å². The van der Waals surface area contributed by atoms with E-state index in [9.17, 15) is 9.18 Å². The van der Waals surface area contributed by atoms with Crippen LogP contribution in [-0.4, -0.2) is 57.4 Å². The topological polar surface area (TPSA) is 60.0 Å². The largest absolute Gasteiger partial charge is 0.497 e. The van der Waals surface area contributed by atoms with E-state index in [1.165, 1.54) is 6.07 Å². The second-order valence-electron chi connectivity index (χ2n) is 7.49. The van der Waals surface area contributed by atoms with Crippen molar-refractivity contribution in [3.63, 3.8) is 0 Å². The van der Waals surface area contributed by atoms with Crippen molar-refractivity contribution in [2.45, 2.75) is 25.5 Å². The van der Waals surface area contributed by atoms with E-state index in [1.54, 1.807) is 44.6 Å². The molecule has 1 amide bonds. The van der Waals surface area contributed by atoms with E-state index in [1.807, 2.05) is 6.92 Å². The third-order valence-electron chi connectivity index (χ3n) is 5.38. The van der Waals surface area contributed by atoms with Gasteiger partial charge in [0.2, 0.25) is 5.91 Å². The van der Waals surface area contributed by atoms with Crippen LogP contribution in [0.2, 0.25) is 5.02 Å². The van der Waals surface area contributed by atoms with Crippen LogP contribution >= 0.6 is 11.6 Å². The standard InChI is InChI=1S/C23H28ClFN2O4/c1-15-14-27(9-10-31-15)20(23-18(24)5-4-6-19(23)25)13-26-22(28)11-16-7-8-17(29-2)12-21(16)30-3/h4-8,12,15,20H,9-11,13-14H2,1-3H3,(H,26,28). The Balaban J connectivity index is 1.75. The average Bonchev–Trinajstić information content (AvgIpc) is 2.76. The Kier molecular flexibility index (Phi) is 8.12. The molecule has 1 aliphatic rings. The molecule has 2 unspecified atom stereocenters. The first-order valence-electron chi connectivity index (χ1n) is 10.2. The van der Waals surface area contributed by atoms with Gasteiger partial charge in [-0.25, -0.2) is 4.39 Å². The number of halogens is 2. The van der Waals surface area contributed by atoms with E-state index in [0.717, 1.165) is 5.56 Å². The minimum atomic E-state index is -0.401. The highest BCUT2D eigenvalue weighted by atomic mass is 35.5. The summed E-state index contributed by atoms with van der Waals surface area (Å²) < 4.78 is 30.9. The number of amides is 1. The molecule has 1 aliphatic heterocycles. The Morgan fingerprint density at radius 2 is 2.13 bits per heavy atom. The van der Waals surface area contributed by atoms with Gasteiger partial charge >= 0.3 is 0 Å². The lowest BCUT2D eigenvalue weighted by molar-refractivity contribution is -0.120. The van der Waals surface area contributed by atoms with Gasteiger partial charge in [0.1, 0.15) is 17.3 Å². The molecule has 8 heteroatoms. The van der Waals surface area contributed by atoms with E-state index >= 15 is 0 Å². The lowest BCUT2D eigenvalue weighted by atomic mass is 10.0. The predicted octanol–water partition coefficient (Wildman–Crippen LogP) is 3.62. The van der Waals surface area contributed by atoms with Crippen molar-refractivity contribution in [2.24, 2.45) is 0 Å². The van der Waals surface area contributed by atoms with Crippen LogP contribution in [0.5, 0.6) is 11.5 Å². The van der Waals surface area contributed by atoms with E-state index in [0.29, 0.717) is 41.8 Å². The Hall–Kier alpha value is -2.35. The highest BCUT2D eigenvalue weighted by Gasteiger charge is 2.29. The van der Waals surface area contributed by atoms with Crippen LogP contribution in [0.25, 0.3) is 0 Å². The molecule has 1 saturated heterocycles. The van der Waals surface area contributed by atoms with E-state index in [2.05, 4.69) is 10.2 Å². The Labute approximate surface area is 187 Å². The van der Waals surface area contributed by atoms with Crippen LogP contribution < -0.4 is 14.8 Å². The number of hydrogen-bond acceptors (Lipinski definition) is 5. The maximum atomic E-state index is 14.7. The third-order valence-corrected chi connectivity index (χ3v) is 5.71. The zero-order chi connectivity index (χ0) is 22.4. The number of rotatable bonds is 8. The summed E-state index contributed by atoms with van der Waals surface area (Å²) in [5.41, 5.74) is 1.13. The molecule has 3 rings (SSSR count). The van der Waals surface area contributed by atoms with Crippen molar-refractivity contribution in [3.8, 4) is 11.5 Å². The summed E-state index contributed by atoms with van der Waals surface area (Å²) in [5, 5.41) is 3.29. The van der Waals surface area contributed by atoms with Crippen LogP contribution in [0.15, 0.2) is 36.4 Å². The fourth-order valence-corrected chi connectivity index (χ4v) is 4.10. The van der Waals surface area contributed by atoms with Crippen LogP contribution in [0.4, 0.5) is 4.39 Å². The molecular formula is C23H28ClFN2O4. The normalized spacial score (nSPS) is 17.8. The van der Waals surface area contributed by atoms with Gasteiger partial charge in [-0.05, 0) is 25.1 Å². The SMILES string of the molecule is COc1ccc(CC(=O)NCC(c2c(F)cccc2Cl)N2CCOC(C)C2)c(OC)c1. The molecule has 2 aromatic carbocycles. The first-order chi connectivity index (χ1) is 14.9. The number of nitrogens with zero attached hydrogens (tertiary/aromatic N) is 1. The summed E-state index contributed by atoms with van der Waals surface area (Å²) in [6, 6.07) is 9.55. The molecule has 31 heavy (non-hydrogen) atoms. The van der Waals surface area contributed by atoms with Crippen molar-refractivity contribution in [3.05, 3.63) is 58.4 Å². The van der Waals surface area contributed by atoms with Crippen LogP contribution in [0, 0.1) is 5.82 Å². The molecule has 0 aliphatic carbocycles. The molecule has 0 saturated carbocycles. The Morgan fingerprint density at radius 1 is 1.32 bits per heavy atom. The zero-order valence-corrected chi connectivity index (χ0v) is 18.7. The average molecular weight is 451 g/mol. The lowest BCUT2D eigenvalue weighted by Crippen LogP contribution is -2.47. The predicted molar refractivity (Wildman–Crippen MR) is 117 cm³/mol. The fourth-order valence-electron chi connectivity index (χ4n) is 3.82. The summed E-state index contributed by atoms with van der Waals surface area (Å²) in [7, 11) is 3.12. The molecule has 2 aromatic rings. The molecule has 6 nitrogen and oxygen atoms in total. The fraction of sp³-hybridized carbons (Fsp3) is 0.435. The van der Waals surface area contributed by atoms with Gasteiger partial charge in [0.15, 0.2) is 0 Å². The molecule has 0 radical (unpaired) electrons. The van der Waals surface area contributed by atoms with Gasteiger partial charge in [-0.1, -0.05) is 23.7 Å². The number of carbonyl (C=O) groups is 1. The van der Waals surface area contributed by atoms with E-state index in [4.69, 9.17) is 25.8 Å². The van der Waals surface area contributed by atoms with Crippen molar-refractivity contribution < 1.29 is 23.4 Å². The van der Waals surface area contributed by atoms with Crippen LogP contribution in [0.1, 0.15) is 24.1 Å².